The summed E-state index contributed by atoms with van der Waals surface area (Å²) in [5.41, 5.74) is 0. The fourth-order valence-electron chi connectivity index (χ4n) is 2.92. The van der Waals surface area contributed by atoms with Crippen LogP contribution in [0.5, 0.6) is 0 Å². The first-order valence-electron chi connectivity index (χ1n) is 12.5. The van der Waals surface area contributed by atoms with E-state index in [1.165, 1.54) is 0 Å². The van der Waals surface area contributed by atoms with E-state index in [2.05, 4.69) is 11.9 Å². The number of ether oxygens (including phenoxy) is 9. The van der Waals surface area contributed by atoms with Gasteiger partial charge in [-0.25, -0.2) is 4.79 Å². The molecule has 0 aromatic carbocycles. The summed E-state index contributed by atoms with van der Waals surface area (Å²) in [6.45, 7) is 13.2. The number of carbonyl (C=O) groups excluding carboxylic acids is 1. The molecule has 0 aromatic rings. The highest BCUT2D eigenvalue weighted by molar-refractivity contribution is 5.81. The van der Waals surface area contributed by atoms with Gasteiger partial charge in [-0.3, -0.25) is 0 Å². The standard InChI is InChI=1S/C24H45NO10/c1-2-24(26)35-22-20-33-18-16-31-14-12-29-10-8-27-7-9-28-11-13-30-15-17-32-19-21-34-23-3-5-25-6-4-23/h2,23,25H,1,3-22H2. The van der Waals surface area contributed by atoms with Crippen LogP contribution >= 0.6 is 0 Å². The van der Waals surface area contributed by atoms with Gasteiger partial charge < -0.3 is 47.9 Å². The number of piperidine rings is 1. The van der Waals surface area contributed by atoms with Gasteiger partial charge in [-0.15, -0.1) is 0 Å². The van der Waals surface area contributed by atoms with Crippen LogP contribution < -0.4 is 5.32 Å². The van der Waals surface area contributed by atoms with Crippen molar-refractivity contribution in [3.8, 4) is 0 Å². The summed E-state index contributed by atoms with van der Waals surface area (Å²) in [5, 5.41) is 3.32. The molecule has 0 amide bonds. The second-order valence-electron chi connectivity index (χ2n) is 7.48. The van der Waals surface area contributed by atoms with Crippen molar-refractivity contribution in [2.45, 2.75) is 18.9 Å². The zero-order valence-electron chi connectivity index (χ0n) is 21.1. The van der Waals surface area contributed by atoms with Crippen molar-refractivity contribution in [1.82, 2.24) is 5.32 Å². The van der Waals surface area contributed by atoms with E-state index in [-0.39, 0.29) is 6.61 Å². The Kier molecular flexibility index (Phi) is 23.6. The maximum atomic E-state index is 10.8. The van der Waals surface area contributed by atoms with Gasteiger partial charge in [0.15, 0.2) is 0 Å². The summed E-state index contributed by atoms with van der Waals surface area (Å²) in [6.07, 6.45) is 3.65. The molecule has 0 aromatic heterocycles. The zero-order chi connectivity index (χ0) is 25.1. The molecule has 0 unspecified atom stereocenters. The lowest BCUT2D eigenvalue weighted by Crippen LogP contribution is -2.33. The van der Waals surface area contributed by atoms with Crippen LogP contribution in [-0.2, 0) is 47.4 Å². The van der Waals surface area contributed by atoms with Gasteiger partial charge in [-0.2, -0.15) is 0 Å². The largest absolute Gasteiger partial charge is 0.460 e. The Morgan fingerprint density at radius 2 is 0.943 bits per heavy atom. The number of carbonyl (C=O) groups is 1. The predicted molar refractivity (Wildman–Crippen MR) is 129 cm³/mol. The van der Waals surface area contributed by atoms with Gasteiger partial charge in [0.05, 0.1) is 105 Å². The van der Waals surface area contributed by atoms with Crippen molar-refractivity contribution in [2.24, 2.45) is 0 Å². The molecule has 1 rings (SSSR count). The third-order valence-electron chi connectivity index (χ3n) is 4.74. The molecule has 0 atom stereocenters. The second kappa shape index (κ2) is 25.9. The number of hydrogen-bond donors (Lipinski definition) is 1. The van der Waals surface area contributed by atoms with E-state index in [0.29, 0.717) is 105 Å². The molecular formula is C24H45NO10. The average Bonchev–Trinajstić information content (AvgIpc) is 2.89. The molecule has 1 aliphatic rings. The number of esters is 1. The normalized spacial score (nSPS) is 14.3. The third-order valence-corrected chi connectivity index (χ3v) is 4.74. The van der Waals surface area contributed by atoms with Crippen LogP contribution in [0.15, 0.2) is 12.7 Å². The number of nitrogens with one attached hydrogen (secondary N) is 1. The van der Waals surface area contributed by atoms with Gasteiger partial charge in [0.2, 0.25) is 0 Å². The quantitative estimate of drug-likeness (QED) is 0.101. The Morgan fingerprint density at radius 1 is 0.600 bits per heavy atom. The molecule has 1 N–H and O–H groups in total. The molecule has 206 valence electrons. The van der Waals surface area contributed by atoms with Crippen LogP contribution in [0.3, 0.4) is 0 Å². The van der Waals surface area contributed by atoms with Gasteiger partial charge in [0.1, 0.15) is 6.61 Å². The molecule has 1 aliphatic heterocycles. The SMILES string of the molecule is C=CC(=O)OCCOCCOCCOCCOCCOCCOCCOCCOC1CCNCC1. The van der Waals surface area contributed by atoms with Gasteiger partial charge in [-0.1, -0.05) is 6.58 Å². The summed E-state index contributed by atoms with van der Waals surface area (Å²) in [4.78, 5) is 10.8. The van der Waals surface area contributed by atoms with Crippen molar-refractivity contribution in [2.75, 3.05) is 119 Å². The molecule has 0 spiro atoms. The highest BCUT2D eigenvalue weighted by Gasteiger charge is 2.12. The minimum atomic E-state index is -0.453. The smallest absolute Gasteiger partial charge is 0.330 e. The van der Waals surface area contributed by atoms with Crippen molar-refractivity contribution in [1.29, 1.82) is 0 Å². The molecule has 0 bridgehead atoms. The van der Waals surface area contributed by atoms with Crippen LogP contribution in [-0.4, -0.2) is 131 Å². The van der Waals surface area contributed by atoms with Crippen molar-refractivity contribution >= 4 is 5.97 Å². The molecule has 1 saturated heterocycles. The fraction of sp³-hybridized carbons (Fsp3) is 0.875. The van der Waals surface area contributed by atoms with E-state index in [0.717, 1.165) is 32.0 Å². The Labute approximate surface area is 209 Å². The maximum Gasteiger partial charge on any atom is 0.330 e. The summed E-state index contributed by atoms with van der Waals surface area (Å²) < 4.78 is 48.4. The number of rotatable bonds is 26. The first kappa shape index (κ1) is 31.9. The second-order valence-corrected chi connectivity index (χ2v) is 7.48. The maximum absolute atomic E-state index is 10.8. The lowest BCUT2D eigenvalue weighted by atomic mass is 10.1. The molecule has 0 saturated carbocycles. The lowest BCUT2D eigenvalue weighted by Gasteiger charge is -2.22. The Morgan fingerprint density at radius 3 is 1.31 bits per heavy atom. The molecule has 1 fully saturated rings. The van der Waals surface area contributed by atoms with Gasteiger partial charge in [0, 0.05) is 6.08 Å². The van der Waals surface area contributed by atoms with E-state index >= 15 is 0 Å². The minimum Gasteiger partial charge on any atom is -0.460 e. The molecule has 0 radical (unpaired) electrons. The van der Waals surface area contributed by atoms with Crippen LogP contribution in [0.1, 0.15) is 12.8 Å². The molecule has 1 heterocycles. The molecule has 0 aliphatic carbocycles. The Bertz CT molecular complexity index is 477. The average molecular weight is 508 g/mol. The molecule has 11 nitrogen and oxygen atoms in total. The van der Waals surface area contributed by atoms with E-state index < -0.39 is 5.97 Å². The van der Waals surface area contributed by atoms with Crippen LogP contribution in [0.25, 0.3) is 0 Å². The summed E-state index contributed by atoms with van der Waals surface area (Å²) >= 11 is 0. The lowest BCUT2D eigenvalue weighted by molar-refractivity contribution is -0.139. The molecular weight excluding hydrogens is 462 g/mol. The van der Waals surface area contributed by atoms with E-state index in [1.807, 2.05) is 0 Å². The summed E-state index contributed by atoms with van der Waals surface area (Å²) in [7, 11) is 0. The first-order chi connectivity index (χ1) is 17.3. The van der Waals surface area contributed by atoms with Gasteiger partial charge >= 0.3 is 5.97 Å². The Hall–Kier alpha value is -1.15. The van der Waals surface area contributed by atoms with E-state index in [9.17, 15) is 4.79 Å². The zero-order valence-corrected chi connectivity index (χ0v) is 21.1. The van der Waals surface area contributed by atoms with Crippen LogP contribution in [0, 0.1) is 0 Å². The van der Waals surface area contributed by atoms with Crippen molar-refractivity contribution in [3.05, 3.63) is 12.7 Å². The predicted octanol–water partition coefficient (Wildman–Crippen LogP) is 0.600. The highest BCUT2D eigenvalue weighted by Crippen LogP contribution is 2.06. The third kappa shape index (κ3) is 23.0. The van der Waals surface area contributed by atoms with Crippen molar-refractivity contribution < 1.29 is 47.4 Å². The van der Waals surface area contributed by atoms with Crippen molar-refractivity contribution in [3.63, 3.8) is 0 Å². The van der Waals surface area contributed by atoms with Gasteiger partial charge in [-0.05, 0) is 25.9 Å². The van der Waals surface area contributed by atoms with E-state index in [4.69, 9.17) is 42.6 Å². The first-order valence-corrected chi connectivity index (χ1v) is 12.5. The fourth-order valence-corrected chi connectivity index (χ4v) is 2.92. The molecule has 35 heavy (non-hydrogen) atoms. The van der Waals surface area contributed by atoms with Crippen LogP contribution in [0.4, 0.5) is 0 Å². The number of hydrogen-bond acceptors (Lipinski definition) is 11. The molecule has 11 heteroatoms. The van der Waals surface area contributed by atoms with E-state index in [1.54, 1.807) is 0 Å². The minimum absolute atomic E-state index is 0.206. The summed E-state index contributed by atoms with van der Waals surface area (Å²) in [5.74, 6) is -0.453. The topological polar surface area (TPSA) is 112 Å². The summed E-state index contributed by atoms with van der Waals surface area (Å²) in [6, 6.07) is 0. The monoisotopic (exact) mass is 507 g/mol. The Balaban J connectivity index is 1.63. The van der Waals surface area contributed by atoms with Gasteiger partial charge in [0.25, 0.3) is 0 Å². The van der Waals surface area contributed by atoms with Crippen LogP contribution in [0.2, 0.25) is 0 Å². The highest BCUT2D eigenvalue weighted by atomic mass is 16.6.